The van der Waals surface area contributed by atoms with Crippen LogP contribution in [0.3, 0.4) is 0 Å². The topological polar surface area (TPSA) is 53.3 Å². The third-order valence-corrected chi connectivity index (χ3v) is 7.62. The Morgan fingerprint density at radius 2 is 1.83 bits per heavy atom. The number of aryl methyl sites for hydroxylation is 1. The van der Waals surface area contributed by atoms with Crippen LogP contribution in [0.2, 0.25) is 0 Å². The molecule has 8 heteroatoms. The first-order valence-electron chi connectivity index (χ1n) is 14.8. The van der Waals surface area contributed by atoms with Gasteiger partial charge in [-0.1, -0.05) is 44.7 Å². The number of halogens is 1. The van der Waals surface area contributed by atoms with Crippen molar-refractivity contribution >= 4 is 17.2 Å². The van der Waals surface area contributed by atoms with Gasteiger partial charge in [-0.15, -0.1) is 0 Å². The Labute approximate surface area is 248 Å². The number of allylic oxidation sites excluding steroid dienone is 2. The molecule has 0 unspecified atom stereocenters. The maximum absolute atomic E-state index is 13.8. The lowest BCUT2D eigenvalue weighted by Gasteiger charge is -2.38. The standard InChI is InChI=1S/C34H40FN7/c1-5-10-31(39-20-22-40(23-21-39)33-13-7-8-16-36-33)28-14-15-30(26(3)24-28)42(18-6-2)27(4)25-41-19-17-37-34(41)29-11-9-12-32(35)38-29/h7-17,19,24H,4-6,18,20-23,25H2,1-3H3/b31-10-. The minimum atomic E-state index is -0.518. The van der Waals surface area contributed by atoms with Crippen molar-refractivity contribution in [1.29, 1.82) is 0 Å². The van der Waals surface area contributed by atoms with Gasteiger partial charge in [-0.3, -0.25) is 0 Å². The first-order valence-corrected chi connectivity index (χ1v) is 14.8. The number of nitrogens with zero attached hydrogens (tertiary/aromatic N) is 7. The first-order chi connectivity index (χ1) is 20.5. The van der Waals surface area contributed by atoms with Crippen LogP contribution in [0, 0.1) is 12.9 Å². The third-order valence-electron chi connectivity index (χ3n) is 7.62. The summed E-state index contributed by atoms with van der Waals surface area (Å²) in [6, 6.07) is 17.6. The van der Waals surface area contributed by atoms with Crippen molar-refractivity contribution in [2.45, 2.75) is 40.2 Å². The molecule has 4 aromatic rings. The van der Waals surface area contributed by atoms with Crippen LogP contribution in [0.4, 0.5) is 15.9 Å². The summed E-state index contributed by atoms with van der Waals surface area (Å²) >= 11 is 0. The summed E-state index contributed by atoms with van der Waals surface area (Å²) in [6.45, 7) is 16.2. The summed E-state index contributed by atoms with van der Waals surface area (Å²) in [5, 5.41) is 0. The van der Waals surface area contributed by atoms with Crippen molar-refractivity contribution in [1.82, 2.24) is 24.4 Å². The molecule has 1 saturated heterocycles. The molecule has 1 aromatic carbocycles. The number of aromatic nitrogens is 4. The molecule has 218 valence electrons. The van der Waals surface area contributed by atoms with Crippen molar-refractivity contribution < 1.29 is 4.39 Å². The number of imidazole rings is 1. The van der Waals surface area contributed by atoms with Gasteiger partial charge in [0.2, 0.25) is 5.95 Å². The van der Waals surface area contributed by atoms with Gasteiger partial charge in [0, 0.05) is 68.4 Å². The van der Waals surface area contributed by atoms with Gasteiger partial charge in [0.15, 0.2) is 5.82 Å². The summed E-state index contributed by atoms with van der Waals surface area (Å²) in [5.74, 6) is 1.15. The van der Waals surface area contributed by atoms with E-state index in [2.05, 4.69) is 87.3 Å². The van der Waals surface area contributed by atoms with Crippen molar-refractivity contribution in [2.24, 2.45) is 0 Å². The molecule has 0 amide bonds. The summed E-state index contributed by atoms with van der Waals surface area (Å²) < 4.78 is 15.8. The highest BCUT2D eigenvalue weighted by Crippen LogP contribution is 2.31. The lowest BCUT2D eigenvalue weighted by molar-refractivity contribution is 0.365. The Hall–Kier alpha value is -4.46. The Morgan fingerprint density at radius 3 is 2.52 bits per heavy atom. The van der Waals surface area contributed by atoms with Gasteiger partial charge in [-0.05, 0) is 67.3 Å². The van der Waals surface area contributed by atoms with Gasteiger partial charge in [-0.2, -0.15) is 4.39 Å². The first kappa shape index (κ1) is 29.0. The van der Waals surface area contributed by atoms with Crippen LogP contribution < -0.4 is 9.80 Å². The molecule has 3 aromatic heterocycles. The van der Waals surface area contributed by atoms with Crippen molar-refractivity contribution in [3.63, 3.8) is 0 Å². The molecule has 0 bridgehead atoms. The summed E-state index contributed by atoms with van der Waals surface area (Å²) in [4.78, 5) is 20.2. The van der Waals surface area contributed by atoms with E-state index in [0.717, 1.165) is 62.8 Å². The second-order valence-corrected chi connectivity index (χ2v) is 10.6. The molecule has 1 aliphatic heterocycles. The molecular formula is C34H40FN7. The van der Waals surface area contributed by atoms with Crippen LogP contribution in [-0.2, 0) is 6.54 Å². The molecule has 1 aliphatic rings. The molecule has 1 fully saturated rings. The van der Waals surface area contributed by atoms with Crippen LogP contribution >= 0.6 is 0 Å². The Balaban J connectivity index is 1.33. The van der Waals surface area contributed by atoms with E-state index in [1.54, 1.807) is 18.3 Å². The largest absolute Gasteiger partial charge is 0.368 e. The highest BCUT2D eigenvalue weighted by Gasteiger charge is 2.22. The molecule has 0 aliphatic carbocycles. The monoisotopic (exact) mass is 565 g/mol. The molecule has 0 radical (unpaired) electrons. The van der Waals surface area contributed by atoms with Crippen LogP contribution in [0.1, 0.15) is 37.8 Å². The summed E-state index contributed by atoms with van der Waals surface area (Å²) in [7, 11) is 0. The van der Waals surface area contributed by atoms with E-state index in [9.17, 15) is 4.39 Å². The summed E-state index contributed by atoms with van der Waals surface area (Å²) in [6.07, 6.45) is 9.77. The van der Waals surface area contributed by atoms with Crippen molar-refractivity contribution in [3.8, 4) is 11.5 Å². The Kier molecular flexibility index (Phi) is 9.31. The molecule has 0 atom stereocenters. The normalized spacial score (nSPS) is 13.9. The van der Waals surface area contributed by atoms with Gasteiger partial charge in [-0.25, -0.2) is 15.0 Å². The number of anilines is 2. The minimum Gasteiger partial charge on any atom is -0.368 e. The zero-order valence-electron chi connectivity index (χ0n) is 24.9. The van der Waals surface area contributed by atoms with Crippen LogP contribution in [0.5, 0.6) is 0 Å². The fourth-order valence-corrected chi connectivity index (χ4v) is 5.62. The average Bonchev–Trinajstić information content (AvgIpc) is 3.47. The number of rotatable bonds is 11. The van der Waals surface area contributed by atoms with Crippen molar-refractivity contribution in [3.05, 3.63) is 109 Å². The fourth-order valence-electron chi connectivity index (χ4n) is 5.62. The number of benzene rings is 1. The van der Waals surface area contributed by atoms with Gasteiger partial charge in [0.1, 0.15) is 11.5 Å². The summed E-state index contributed by atoms with van der Waals surface area (Å²) in [5.41, 5.74) is 6.32. The lowest BCUT2D eigenvalue weighted by atomic mass is 10.0. The van der Waals surface area contributed by atoms with Crippen LogP contribution in [0.25, 0.3) is 17.2 Å². The smallest absolute Gasteiger partial charge is 0.213 e. The predicted molar refractivity (Wildman–Crippen MR) is 170 cm³/mol. The highest BCUT2D eigenvalue weighted by atomic mass is 19.1. The van der Waals surface area contributed by atoms with Crippen LogP contribution in [-0.4, -0.2) is 57.1 Å². The van der Waals surface area contributed by atoms with E-state index < -0.39 is 5.95 Å². The average molecular weight is 566 g/mol. The van der Waals surface area contributed by atoms with Crippen molar-refractivity contribution in [2.75, 3.05) is 42.5 Å². The molecule has 4 heterocycles. The van der Waals surface area contributed by atoms with E-state index in [1.165, 1.54) is 22.9 Å². The zero-order chi connectivity index (χ0) is 29.5. The van der Waals surface area contributed by atoms with Gasteiger partial charge in [0.25, 0.3) is 0 Å². The quantitative estimate of drug-likeness (QED) is 0.187. The van der Waals surface area contributed by atoms with Gasteiger partial charge < -0.3 is 19.3 Å². The molecule has 42 heavy (non-hydrogen) atoms. The number of hydrogen-bond donors (Lipinski definition) is 0. The zero-order valence-corrected chi connectivity index (χ0v) is 24.9. The fraction of sp³-hybridized carbons (Fsp3) is 0.324. The molecule has 5 rings (SSSR count). The highest BCUT2D eigenvalue weighted by molar-refractivity contribution is 5.69. The molecular weight excluding hydrogens is 525 g/mol. The van der Waals surface area contributed by atoms with Gasteiger partial charge in [0.05, 0.1) is 6.54 Å². The van der Waals surface area contributed by atoms with E-state index in [1.807, 2.05) is 29.1 Å². The second kappa shape index (κ2) is 13.5. The van der Waals surface area contributed by atoms with E-state index in [0.29, 0.717) is 18.1 Å². The SMILES string of the molecule is C=C(Cn1ccnc1-c1cccc(F)n1)N(CCC)c1ccc(/C(=C/CC)N2CCN(c3ccccn3)CC2)cc1C. The maximum atomic E-state index is 13.8. The minimum absolute atomic E-state index is 0.506. The van der Waals surface area contributed by atoms with E-state index in [4.69, 9.17) is 0 Å². The molecule has 0 spiro atoms. The number of hydrogen-bond acceptors (Lipinski definition) is 6. The lowest BCUT2D eigenvalue weighted by Crippen LogP contribution is -2.45. The number of piperazine rings is 1. The molecule has 7 nitrogen and oxygen atoms in total. The molecule has 0 saturated carbocycles. The maximum Gasteiger partial charge on any atom is 0.213 e. The Morgan fingerprint density at radius 1 is 1.00 bits per heavy atom. The second-order valence-electron chi connectivity index (χ2n) is 10.6. The van der Waals surface area contributed by atoms with Gasteiger partial charge >= 0.3 is 0 Å². The van der Waals surface area contributed by atoms with E-state index in [-0.39, 0.29) is 0 Å². The number of pyridine rings is 2. The predicted octanol–water partition coefficient (Wildman–Crippen LogP) is 6.79. The van der Waals surface area contributed by atoms with E-state index >= 15 is 0 Å². The third kappa shape index (κ3) is 6.54. The molecule has 0 N–H and O–H groups in total. The Bertz CT molecular complexity index is 1520. The van der Waals surface area contributed by atoms with Crippen LogP contribution in [0.15, 0.2) is 91.5 Å².